The van der Waals surface area contributed by atoms with Crippen LogP contribution in [-0.4, -0.2) is 27.3 Å². The molecular weight excluding hydrogens is 328 g/mol. The Morgan fingerprint density at radius 2 is 1.92 bits per heavy atom. The maximum atomic E-state index is 5.64. The van der Waals surface area contributed by atoms with E-state index in [9.17, 15) is 0 Å². The number of aromatic nitrogens is 3. The second-order valence-corrected chi connectivity index (χ2v) is 5.74. The van der Waals surface area contributed by atoms with Gasteiger partial charge >= 0.3 is 0 Å². The molecule has 8 heteroatoms. The molecule has 1 aromatic carbocycles. The van der Waals surface area contributed by atoms with E-state index in [0.717, 1.165) is 24.3 Å². The van der Waals surface area contributed by atoms with Gasteiger partial charge < -0.3 is 16.1 Å². The molecule has 0 spiro atoms. The zero-order valence-electron chi connectivity index (χ0n) is 14.0. The van der Waals surface area contributed by atoms with Crippen molar-refractivity contribution in [3.63, 3.8) is 0 Å². The summed E-state index contributed by atoms with van der Waals surface area (Å²) in [5, 5.41) is 6.55. The number of aliphatic imine (C=N–C) groups is 1. The number of benzene rings is 1. The Balaban J connectivity index is 1.55. The second-order valence-electron chi connectivity index (χ2n) is 5.74. The van der Waals surface area contributed by atoms with Crippen molar-refractivity contribution in [3.8, 4) is 0 Å². The van der Waals surface area contributed by atoms with Crippen LogP contribution >= 0.6 is 0 Å². The van der Waals surface area contributed by atoms with E-state index >= 15 is 0 Å². The Hall–Kier alpha value is -3.52. The monoisotopic (exact) mass is 346 g/mol. The van der Waals surface area contributed by atoms with Gasteiger partial charge in [0, 0.05) is 25.1 Å². The number of hydrogen-bond acceptors (Lipinski definition) is 8. The van der Waals surface area contributed by atoms with E-state index in [4.69, 9.17) is 5.84 Å². The van der Waals surface area contributed by atoms with Gasteiger partial charge in [0.25, 0.3) is 0 Å². The fraction of sp³-hybridized carbons (Fsp3) is 0.111. The van der Waals surface area contributed by atoms with E-state index < -0.39 is 0 Å². The van der Waals surface area contributed by atoms with Gasteiger partial charge in [0.2, 0.25) is 5.95 Å². The summed E-state index contributed by atoms with van der Waals surface area (Å²) in [6.07, 6.45) is 6.14. The van der Waals surface area contributed by atoms with E-state index in [-0.39, 0.29) is 0 Å². The van der Waals surface area contributed by atoms with Crippen LogP contribution < -0.4 is 21.9 Å². The molecule has 0 amide bonds. The highest BCUT2D eigenvalue weighted by Crippen LogP contribution is 2.32. The van der Waals surface area contributed by atoms with Gasteiger partial charge in [0.05, 0.1) is 16.9 Å². The number of hydrogen-bond donors (Lipinski definition) is 4. The molecule has 0 unspecified atom stereocenters. The maximum Gasteiger partial charge on any atom is 0.224 e. The Morgan fingerprint density at radius 1 is 1.08 bits per heavy atom. The number of fused-ring (bicyclic) bond motifs is 2. The fourth-order valence-electron chi connectivity index (χ4n) is 2.70. The predicted octanol–water partition coefficient (Wildman–Crippen LogP) is 2.12. The van der Waals surface area contributed by atoms with Crippen LogP contribution in [-0.2, 0) is 6.42 Å². The molecule has 8 nitrogen and oxygen atoms in total. The van der Waals surface area contributed by atoms with E-state index in [1.165, 1.54) is 5.56 Å². The highest BCUT2D eigenvalue weighted by molar-refractivity contribution is 6.06. The Kier molecular flexibility index (Phi) is 4.40. The summed E-state index contributed by atoms with van der Waals surface area (Å²) in [6.45, 7) is 0.718. The van der Waals surface area contributed by atoms with Crippen LogP contribution in [0.1, 0.15) is 11.1 Å². The lowest BCUT2D eigenvalue weighted by Gasteiger charge is -2.11. The first-order valence-electron chi connectivity index (χ1n) is 8.25. The van der Waals surface area contributed by atoms with Gasteiger partial charge in [-0.3, -0.25) is 4.98 Å². The van der Waals surface area contributed by atoms with Crippen LogP contribution in [0.15, 0.2) is 60.0 Å². The van der Waals surface area contributed by atoms with Crippen molar-refractivity contribution in [2.24, 2.45) is 10.8 Å². The molecule has 0 atom stereocenters. The van der Waals surface area contributed by atoms with Crippen molar-refractivity contribution in [1.82, 2.24) is 20.4 Å². The molecule has 0 bridgehead atoms. The van der Waals surface area contributed by atoms with Gasteiger partial charge in [-0.2, -0.15) is 4.98 Å². The molecular formula is C18H18N8. The molecule has 0 saturated heterocycles. The number of hydrazine groups is 1. The minimum atomic E-state index is 0.515. The third-order valence-electron chi connectivity index (χ3n) is 4.02. The van der Waals surface area contributed by atoms with Crippen LogP contribution in [0.25, 0.3) is 0 Å². The summed E-state index contributed by atoms with van der Waals surface area (Å²) in [4.78, 5) is 17.5. The number of nitrogens with zero attached hydrogens (tertiary/aromatic N) is 4. The molecule has 0 radical (unpaired) electrons. The lowest BCUT2D eigenvalue weighted by molar-refractivity contribution is 0.976. The fourth-order valence-corrected chi connectivity index (χ4v) is 2.70. The number of pyridine rings is 1. The molecule has 0 fully saturated rings. The summed E-state index contributed by atoms with van der Waals surface area (Å²) in [6, 6.07) is 11.7. The molecule has 26 heavy (non-hydrogen) atoms. The van der Waals surface area contributed by atoms with E-state index in [0.29, 0.717) is 23.2 Å². The Morgan fingerprint density at radius 3 is 2.77 bits per heavy atom. The van der Waals surface area contributed by atoms with Crippen molar-refractivity contribution in [1.29, 1.82) is 0 Å². The Labute approximate surface area is 150 Å². The largest absolute Gasteiger partial charge is 0.354 e. The van der Waals surface area contributed by atoms with Crippen molar-refractivity contribution in [2.45, 2.75) is 6.42 Å². The van der Waals surface area contributed by atoms with E-state index in [1.54, 1.807) is 18.6 Å². The van der Waals surface area contributed by atoms with Crippen LogP contribution in [0.4, 0.5) is 23.1 Å². The van der Waals surface area contributed by atoms with Crippen LogP contribution in [0.5, 0.6) is 0 Å². The summed E-state index contributed by atoms with van der Waals surface area (Å²) in [7, 11) is 0. The number of anilines is 3. The van der Waals surface area contributed by atoms with Crippen LogP contribution in [0.3, 0.4) is 0 Å². The minimum absolute atomic E-state index is 0.515. The third kappa shape index (κ3) is 3.31. The van der Waals surface area contributed by atoms with Crippen molar-refractivity contribution < 1.29 is 0 Å². The third-order valence-corrected chi connectivity index (χ3v) is 4.02. The topological polar surface area (TPSA) is 113 Å². The lowest BCUT2D eigenvalue weighted by atomic mass is 10.2. The summed E-state index contributed by atoms with van der Waals surface area (Å²) < 4.78 is 0. The summed E-state index contributed by atoms with van der Waals surface area (Å²) >= 11 is 0. The maximum absolute atomic E-state index is 5.64. The molecule has 2 aromatic heterocycles. The van der Waals surface area contributed by atoms with Gasteiger partial charge in [-0.15, -0.1) is 0 Å². The first-order valence-corrected chi connectivity index (χ1v) is 8.25. The molecule has 4 rings (SSSR count). The van der Waals surface area contributed by atoms with Crippen LogP contribution in [0, 0.1) is 0 Å². The van der Waals surface area contributed by atoms with Crippen molar-refractivity contribution in [2.75, 3.05) is 17.2 Å². The van der Waals surface area contributed by atoms with Crippen molar-refractivity contribution >= 4 is 29.0 Å². The van der Waals surface area contributed by atoms with Crippen molar-refractivity contribution in [3.05, 3.63) is 66.1 Å². The van der Waals surface area contributed by atoms with E-state index in [2.05, 4.69) is 36.0 Å². The molecule has 130 valence electrons. The lowest BCUT2D eigenvalue weighted by Crippen LogP contribution is -2.31. The highest BCUT2D eigenvalue weighted by Gasteiger charge is 2.18. The van der Waals surface area contributed by atoms with Gasteiger partial charge in [-0.05, 0) is 36.2 Å². The minimum Gasteiger partial charge on any atom is -0.354 e. The number of rotatable bonds is 4. The van der Waals surface area contributed by atoms with Gasteiger partial charge in [0.1, 0.15) is 5.82 Å². The van der Waals surface area contributed by atoms with E-state index in [1.807, 2.05) is 36.4 Å². The Bertz CT molecular complexity index is 939. The second kappa shape index (κ2) is 7.16. The van der Waals surface area contributed by atoms with Crippen LogP contribution in [0.2, 0.25) is 0 Å². The molecule has 1 aliphatic rings. The molecule has 0 saturated carbocycles. The summed E-state index contributed by atoms with van der Waals surface area (Å²) in [5.41, 5.74) is 6.19. The average Bonchev–Trinajstić information content (AvgIpc) is 2.84. The number of nitrogens with one attached hydrogen (secondary N) is 3. The first-order chi connectivity index (χ1) is 12.8. The van der Waals surface area contributed by atoms with Gasteiger partial charge in [0.15, 0.2) is 5.84 Å². The quantitative estimate of drug-likeness (QED) is 0.423. The number of nitrogens with two attached hydrogens (primary N) is 1. The van der Waals surface area contributed by atoms with Gasteiger partial charge in [-0.25, -0.2) is 15.8 Å². The number of para-hydroxylation sites is 2. The van der Waals surface area contributed by atoms with Gasteiger partial charge in [-0.1, -0.05) is 12.1 Å². The zero-order chi connectivity index (χ0) is 17.8. The highest BCUT2D eigenvalue weighted by atomic mass is 15.3. The molecule has 5 N–H and O–H groups in total. The smallest absolute Gasteiger partial charge is 0.224 e. The summed E-state index contributed by atoms with van der Waals surface area (Å²) in [5.74, 6) is 7.35. The predicted molar refractivity (Wildman–Crippen MR) is 102 cm³/mol. The zero-order valence-corrected chi connectivity index (χ0v) is 14.0. The molecule has 1 aliphatic heterocycles. The average molecular weight is 346 g/mol. The first kappa shape index (κ1) is 16.0. The SMILES string of the molecule is NNC1=Nc2ccccc2Nc2nc(NCCc3ccncc3)ncc21. The molecule has 0 aliphatic carbocycles. The molecule has 3 aromatic rings. The normalized spacial score (nSPS) is 12.1. The number of amidine groups is 1. The standard InChI is InChI=1S/C18H18N8/c19-26-17-13-11-22-18(21-10-7-12-5-8-20-9-6-12)25-16(13)23-14-3-1-2-4-15(14)24-17/h1-6,8-9,11H,7,10,19H2,(H,24,26)(H2,21,22,23,25). The molecule has 3 heterocycles.